The van der Waals surface area contributed by atoms with Crippen LogP contribution in [0, 0.1) is 10.1 Å². The molecule has 5 nitrogen and oxygen atoms in total. The highest BCUT2D eigenvalue weighted by molar-refractivity contribution is 9.09. The van der Waals surface area contributed by atoms with Gasteiger partial charge in [-0.1, -0.05) is 22.0 Å². The molecule has 20 heavy (non-hydrogen) atoms. The number of rotatable bonds is 5. The second kappa shape index (κ2) is 6.51. The van der Waals surface area contributed by atoms with Crippen LogP contribution in [0.1, 0.15) is 23.7 Å². The molecule has 1 rings (SSSR count). The fourth-order valence-corrected chi connectivity index (χ4v) is 2.08. The first-order chi connectivity index (χ1) is 9.18. The first kappa shape index (κ1) is 16.9. The summed E-state index contributed by atoms with van der Waals surface area (Å²) in [4.78, 5) is 9.52. The summed E-state index contributed by atoms with van der Waals surface area (Å²) < 4.78 is 37.8. The van der Waals surface area contributed by atoms with E-state index in [9.17, 15) is 33.5 Å². The van der Waals surface area contributed by atoms with Crippen molar-refractivity contribution in [1.29, 1.82) is 0 Å². The number of nitro groups is 1. The Morgan fingerprint density at radius 2 is 1.95 bits per heavy atom. The summed E-state index contributed by atoms with van der Waals surface area (Å²) in [6, 6.07) is 2.07. The smallest absolute Gasteiger partial charge is 0.390 e. The van der Waals surface area contributed by atoms with Crippen molar-refractivity contribution >= 4 is 21.6 Å². The molecule has 0 heterocycles. The van der Waals surface area contributed by atoms with Crippen molar-refractivity contribution in [1.82, 2.24) is 0 Å². The zero-order valence-corrected chi connectivity index (χ0v) is 11.6. The topological polar surface area (TPSA) is 83.6 Å². The average Bonchev–Trinajstić information content (AvgIpc) is 2.36. The quantitative estimate of drug-likeness (QED) is 0.482. The predicted octanol–water partition coefficient (Wildman–Crippen LogP) is 2.79. The van der Waals surface area contributed by atoms with Gasteiger partial charge in [-0.3, -0.25) is 10.1 Å². The molecule has 0 radical (unpaired) electrons. The largest absolute Gasteiger partial charge is 0.422 e. The van der Waals surface area contributed by atoms with Crippen LogP contribution in [0.4, 0.5) is 18.9 Å². The number of alkyl halides is 4. The summed E-state index contributed by atoms with van der Waals surface area (Å²) >= 11 is 3.04. The first-order valence-electron chi connectivity index (χ1n) is 5.46. The molecule has 0 bridgehead atoms. The van der Waals surface area contributed by atoms with Crippen molar-refractivity contribution < 1.29 is 28.3 Å². The molecular weight excluding hydrogens is 347 g/mol. The van der Waals surface area contributed by atoms with Crippen molar-refractivity contribution in [3.8, 4) is 0 Å². The second-order valence-corrected chi connectivity index (χ2v) is 4.81. The Labute approximate surface area is 120 Å². The van der Waals surface area contributed by atoms with Gasteiger partial charge >= 0.3 is 6.18 Å². The van der Waals surface area contributed by atoms with Gasteiger partial charge in [0.15, 0.2) is 0 Å². The number of hydrogen-bond donors (Lipinski definition) is 2. The third-order valence-corrected chi connectivity index (χ3v) is 3.09. The van der Waals surface area contributed by atoms with E-state index in [-0.39, 0.29) is 12.0 Å². The lowest BCUT2D eigenvalue weighted by Gasteiger charge is -2.18. The number of halogens is 4. The Morgan fingerprint density at radius 1 is 1.35 bits per heavy atom. The van der Waals surface area contributed by atoms with E-state index in [0.29, 0.717) is 17.5 Å². The standard InChI is InChI=1S/C11H11BrF3NO4/c12-4-3-9(17)10(18)6-1-2-7(11(13,14)15)8(5-6)16(19)20/h1-2,5,9-10,17-18H,3-4H2. The molecule has 0 aromatic heterocycles. The predicted molar refractivity (Wildman–Crippen MR) is 67.5 cm³/mol. The van der Waals surface area contributed by atoms with Crippen molar-refractivity contribution in [2.45, 2.75) is 24.8 Å². The van der Waals surface area contributed by atoms with Crippen molar-refractivity contribution in [3.63, 3.8) is 0 Å². The monoisotopic (exact) mass is 357 g/mol. The number of aliphatic hydroxyl groups is 2. The number of nitrogens with zero attached hydrogens (tertiary/aromatic N) is 1. The molecule has 0 aliphatic carbocycles. The average molecular weight is 358 g/mol. The van der Waals surface area contributed by atoms with Crippen LogP contribution in [-0.2, 0) is 6.18 Å². The van der Waals surface area contributed by atoms with Crippen LogP contribution in [0.3, 0.4) is 0 Å². The van der Waals surface area contributed by atoms with Gasteiger partial charge < -0.3 is 10.2 Å². The summed E-state index contributed by atoms with van der Waals surface area (Å²) in [6.07, 6.45) is -7.43. The van der Waals surface area contributed by atoms with E-state index >= 15 is 0 Å². The molecule has 2 atom stereocenters. The van der Waals surface area contributed by atoms with Crippen LogP contribution in [0.25, 0.3) is 0 Å². The summed E-state index contributed by atoms with van der Waals surface area (Å²) in [6.45, 7) is 0. The van der Waals surface area contributed by atoms with Crippen LogP contribution in [0.15, 0.2) is 18.2 Å². The number of benzene rings is 1. The molecule has 0 aliphatic heterocycles. The number of aliphatic hydroxyl groups excluding tert-OH is 2. The molecule has 0 aliphatic rings. The van der Waals surface area contributed by atoms with E-state index in [4.69, 9.17) is 0 Å². The SMILES string of the molecule is O=[N+]([O-])c1cc(C(O)C(O)CCBr)ccc1C(F)(F)F. The van der Waals surface area contributed by atoms with Crippen molar-refractivity contribution in [3.05, 3.63) is 39.4 Å². The van der Waals surface area contributed by atoms with E-state index in [1.165, 1.54) is 0 Å². The van der Waals surface area contributed by atoms with Crippen LogP contribution in [-0.4, -0.2) is 26.6 Å². The van der Waals surface area contributed by atoms with Crippen LogP contribution < -0.4 is 0 Å². The van der Waals surface area contributed by atoms with Crippen molar-refractivity contribution in [2.24, 2.45) is 0 Å². The molecule has 0 amide bonds. The van der Waals surface area contributed by atoms with Gasteiger partial charge in [-0.25, -0.2) is 0 Å². The first-order valence-corrected chi connectivity index (χ1v) is 6.58. The lowest BCUT2D eigenvalue weighted by Crippen LogP contribution is -2.19. The van der Waals surface area contributed by atoms with Gasteiger partial charge in [-0.2, -0.15) is 13.2 Å². The number of nitro benzene ring substituents is 1. The van der Waals surface area contributed by atoms with Crippen molar-refractivity contribution in [2.75, 3.05) is 5.33 Å². The van der Waals surface area contributed by atoms with Gasteiger partial charge in [0.2, 0.25) is 0 Å². The summed E-state index contributed by atoms with van der Waals surface area (Å²) in [7, 11) is 0. The van der Waals surface area contributed by atoms with Crippen LogP contribution >= 0.6 is 15.9 Å². The molecule has 2 N–H and O–H groups in total. The van der Waals surface area contributed by atoms with Gasteiger partial charge in [0, 0.05) is 11.4 Å². The van der Waals surface area contributed by atoms with Gasteiger partial charge in [0.05, 0.1) is 11.0 Å². The second-order valence-electron chi connectivity index (χ2n) is 4.02. The molecule has 1 aromatic carbocycles. The van der Waals surface area contributed by atoms with Gasteiger partial charge in [0.1, 0.15) is 11.7 Å². The molecule has 0 fully saturated rings. The zero-order valence-electron chi connectivity index (χ0n) is 9.97. The lowest BCUT2D eigenvalue weighted by atomic mass is 10.00. The van der Waals surface area contributed by atoms with E-state index in [2.05, 4.69) is 15.9 Å². The molecule has 112 valence electrons. The zero-order chi connectivity index (χ0) is 15.5. The summed E-state index contributed by atoms with van der Waals surface area (Å²) in [5, 5.41) is 30.4. The Balaban J connectivity index is 3.20. The summed E-state index contributed by atoms with van der Waals surface area (Å²) in [5.74, 6) is 0. The fraction of sp³-hybridized carbons (Fsp3) is 0.455. The van der Waals surface area contributed by atoms with Crippen LogP contribution in [0.2, 0.25) is 0 Å². The molecule has 0 spiro atoms. The van der Waals surface area contributed by atoms with Gasteiger partial charge in [-0.15, -0.1) is 0 Å². The molecule has 2 unspecified atom stereocenters. The maximum atomic E-state index is 12.6. The fourth-order valence-electron chi connectivity index (χ4n) is 1.62. The summed E-state index contributed by atoms with van der Waals surface area (Å²) in [5.41, 5.74) is -2.69. The Hall–Kier alpha value is -1.19. The van der Waals surface area contributed by atoms with E-state index in [0.717, 1.165) is 6.07 Å². The van der Waals surface area contributed by atoms with Crippen LogP contribution in [0.5, 0.6) is 0 Å². The highest BCUT2D eigenvalue weighted by Crippen LogP contribution is 2.37. The lowest BCUT2D eigenvalue weighted by molar-refractivity contribution is -0.388. The van der Waals surface area contributed by atoms with Gasteiger partial charge in [0.25, 0.3) is 5.69 Å². The molecule has 0 saturated heterocycles. The molecule has 1 aromatic rings. The van der Waals surface area contributed by atoms with E-state index in [1.807, 2.05) is 0 Å². The minimum absolute atomic E-state index is 0.141. The third kappa shape index (κ3) is 3.90. The molecule has 9 heteroatoms. The molecular formula is C11H11BrF3NO4. The highest BCUT2D eigenvalue weighted by Gasteiger charge is 2.38. The minimum atomic E-state index is -4.86. The maximum absolute atomic E-state index is 12.6. The van der Waals surface area contributed by atoms with Gasteiger partial charge in [-0.05, 0) is 18.1 Å². The Morgan fingerprint density at radius 3 is 2.40 bits per heavy atom. The highest BCUT2D eigenvalue weighted by atomic mass is 79.9. The molecule has 0 saturated carbocycles. The third-order valence-electron chi connectivity index (χ3n) is 2.63. The normalized spacial score (nSPS) is 14.9. The Bertz CT molecular complexity index is 495. The van der Waals surface area contributed by atoms with E-state index < -0.39 is 34.6 Å². The minimum Gasteiger partial charge on any atom is -0.390 e. The Kier molecular flexibility index (Phi) is 5.49. The maximum Gasteiger partial charge on any atom is 0.422 e. The van der Waals surface area contributed by atoms with E-state index in [1.54, 1.807) is 0 Å². The number of hydrogen-bond acceptors (Lipinski definition) is 4.